The van der Waals surface area contributed by atoms with E-state index in [0.29, 0.717) is 11.3 Å². The van der Waals surface area contributed by atoms with E-state index >= 15 is 0 Å². The number of ether oxygens (including phenoxy) is 1. The molecule has 0 bridgehead atoms. The van der Waals surface area contributed by atoms with E-state index in [0.717, 1.165) is 51.5 Å². The van der Waals surface area contributed by atoms with Crippen molar-refractivity contribution in [2.24, 2.45) is 5.92 Å². The van der Waals surface area contributed by atoms with Crippen LogP contribution in [0.25, 0.3) is 0 Å². The number of nitrogens with one attached hydrogen (secondary N) is 1. The number of rotatable bonds is 3. The number of esters is 1. The number of amides is 2. The second kappa shape index (κ2) is 8.17. The van der Waals surface area contributed by atoms with Gasteiger partial charge in [0.1, 0.15) is 5.60 Å². The Labute approximate surface area is 172 Å². The summed E-state index contributed by atoms with van der Waals surface area (Å²) >= 11 is 0. The molecule has 6 heteroatoms. The first kappa shape index (κ1) is 19.9. The standard InChI is InChI=1S/C23H30N2O4/c1-16-7-3-6-14-25(16)22(28)17-8-10-18(11-9-17)24-21(27)19-15-20(26)29-23(19)12-4-2-5-13-23/h8-11,16,19H,2-7,12-15H2,1H3,(H,24,27)/t16-,19+/m1/s1. The molecule has 2 heterocycles. The molecule has 2 atom stereocenters. The second-order valence-corrected chi connectivity index (χ2v) is 8.77. The summed E-state index contributed by atoms with van der Waals surface area (Å²) in [5.74, 6) is -0.832. The fraction of sp³-hybridized carbons (Fsp3) is 0.609. The lowest BCUT2D eigenvalue weighted by atomic mass is 9.75. The molecule has 2 amide bonds. The topological polar surface area (TPSA) is 75.7 Å². The van der Waals surface area contributed by atoms with E-state index in [1.165, 1.54) is 6.42 Å². The van der Waals surface area contributed by atoms with Gasteiger partial charge in [0.15, 0.2) is 0 Å². The van der Waals surface area contributed by atoms with E-state index in [1.807, 2.05) is 4.90 Å². The second-order valence-electron chi connectivity index (χ2n) is 8.77. The first-order chi connectivity index (χ1) is 14.0. The maximum atomic E-state index is 12.9. The lowest BCUT2D eigenvalue weighted by molar-refractivity contribution is -0.153. The van der Waals surface area contributed by atoms with Crippen LogP contribution in [0, 0.1) is 5.92 Å². The molecule has 156 valence electrons. The predicted molar refractivity (Wildman–Crippen MR) is 109 cm³/mol. The van der Waals surface area contributed by atoms with Crippen LogP contribution in [0.3, 0.4) is 0 Å². The van der Waals surface area contributed by atoms with Crippen molar-refractivity contribution in [1.29, 1.82) is 0 Å². The van der Waals surface area contributed by atoms with Crippen LogP contribution in [-0.4, -0.2) is 40.9 Å². The van der Waals surface area contributed by atoms with Gasteiger partial charge in [-0.15, -0.1) is 0 Å². The Morgan fingerprint density at radius 3 is 2.48 bits per heavy atom. The molecular formula is C23H30N2O4. The third-order valence-electron chi connectivity index (χ3n) is 6.80. The first-order valence-corrected chi connectivity index (χ1v) is 10.9. The molecule has 6 nitrogen and oxygen atoms in total. The minimum atomic E-state index is -0.625. The van der Waals surface area contributed by atoms with Gasteiger partial charge in [-0.05, 0) is 76.1 Å². The van der Waals surface area contributed by atoms with Crippen molar-refractivity contribution < 1.29 is 19.1 Å². The van der Waals surface area contributed by atoms with E-state index in [9.17, 15) is 14.4 Å². The molecule has 1 aliphatic carbocycles. The molecule has 1 aromatic carbocycles. The van der Waals surface area contributed by atoms with Crippen LogP contribution in [-0.2, 0) is 14.3 Å². The van der Waals surface area contributed by atoms with E-state index in [1.54, 1.807) is 24.3 Å². The highest BCUT2D eigenvalue weighted by Gasteiger charge is 2.52. The molecule has 1 aromatic rings. The van der Waals surface area contributed by atoms with Crippen molar-refractivity contribution in [2.75, 3.05) is 11.9 Å². The summed E-state index contributed by atoms with van der Waals surface area (Å²) in [6.07, 6.45) is 8.04. The highest BCUT2D eigenvalue weighted by atomic mass is 16.6. The highest BCUT2D eigenvalue weighted by Crippen LogP contribution is 2.44. The summed E-state index contributed by atoms with van der Waals surface area (Å²) in [6, 6.07) is 7.34. The van der Waals surface area contributed by atoms with Crippen LogP contribution in [0.1, 0.15) is 75.1 Å². The number of piperidine rings is 1. The Kier molecular flexibility index (Phi) is 5.61. The predicted octanol–water partition coefficient (Wildman–Crippen LogP) is 3.91. The van der Waals surface area contributed by atoms with Gasteiger partial charge in [-0.3, -0.25) is 14.4 Å². The number of hydrogen-bond donors (Lipinski definition) is 1. The third kappa shape index (κ3) is 4.02. The number of nitrogens with zero attached hydrogens (tertiary/aromatic N) is 1. The summed E-state index contributed by atoms with van der Waals surface area (Å²) in [5.41, 5.74) is 0.656. The smallest absolute Gasteiger partial charge is 0.307 e. The van der Waals surface area contributed by atoms with Crippen LogP contribution in [0.2, 0.25) is 0 Å². The number of anilines is 1. The van der Waals surface area contributed by atoms with Crippen LogP contribution in [0.5, 0.6) is 0 Å². The molecule has 2 saturated heterocycles. The molecule has 29 heavy (non-hydrogen) atoms. The summed E-state index contributed by atoms with van der Waals surface area (Å²) in [7, 11) is 0. The zero-order valence-corrected chi connectivity index (χ0v) is 17.1. The van der Waals surface area contributed by atoms with Gasteiger partial charge in [-0.1, -0.05) is 6.42 Å². The minimum Gasteiger partial charge on any atom is -0.458 e. The SMILES string of the molecule is C[C@@H]1CCCCN1C(=O)c1ccc(NC(=O)[C@@H]2CC(=O)OC23CCCCC3)cc1. The number of carbonyl (C=O) groups is 3. The molecule has 1 N–H and O–H groups in total. The average molecular weight is 399 g/mol. The molecular weight excluding hydrogens is 368 g/mol. The molecule has 3 fully saturated rings. The normalized spacial score (nSPS) is 26.2. The highest BCUT2D eigenvalue weighted by molar-refractivity contribution is 5.98. The number of benzene rings is 1. The number of carbonyl (C=O) groups excluding carboxylic acids is 3. The third-order valence-corrected chi connectivity index (χ3v) is 6.80. The minimum absolute atomic E-state index is 0.0472. The van der Waals surface area contributed by atoms with Crippen LogP contribution in [0.15, 0.2) is 24.3 Å². The van der Waals surface area contributed by atoms with E-state index in [4.69, 9.17) is 4.74 Å². The quantitative estimate of drug-likeness (QED) is 0.784. The van der Waals surface area contributed by atoms with E-state index in [2.05, 4.69) is 12.2 Å². The van der Waals surface area contributed by atoms with Gasteiger partial charge in [0.25, 0.3) is 5.91 Å². The van der Waals surface area contributed by atoms with E-state index < -0.39 is 11.5 Å². The van der Waals surface area contributed by atoms with Crippen LogP contribution in [0.4, 0.5) is 5.69 Å². The van der Waals surface area contributed by atoms with Crippen molar-refractivity contribution >= 4 is 23.5 Å². The monoisotopic (exact) mass is 398 g/mol. The van der Waals surface area contributed by atoms with Gasteiger partial charge < -0.3 is 15.0 Å². The molecule has 1 saturated carbocycles. The molecule has 0 unspecified atom stereocenters. The molecule has 0 aromatic heterocycles. The number of likely N-dealkylation sites (tertiary alicyclic amines) is 1. The van der Waals surface area contributed by atoms with E-state index in [-0.39, 0.29) is 30.2 Å². The van der Waals surface area contributed by atoms with Gasteiger partial charge in [0, 0.05) is 23.8 Å². The van der Waals surface area contributed by atoms with Crippen molar-refractivity contribution in [3.63, 3.8) is 0 Å². The van der Waals surface area contributed by atoms with Crippen molar-refractivity contribution in [3.05, 3.63) is 29.8 Å². The Hall–Kier alpha value is -2.37. The summed E-state index contributed by atoms with van der Waals surface area (Å²) in [4.78, 5) is 39.6. The molecule has 1 spiro atoms. The molecule has 3 aliphatic rings. The van der Waals surface area contributed by atoms with Gasteiger partial charge in [0.05, 0.1) is 12.3 Å². The zero-order chi connectivity index (χ0) is 20.4. The van der Waals surface area contributed by atoms with Crippen molar-refractivity contribution in [3.8, 4) is 0 Å². The average Bonchev–Trinajstić information content (AvgIpc) is 3.04. The summed E-state index contributed by atoms with van der Waals surface area (Å²) < 4.78 is 5.64. The lowest BCUT2D eigenvalue weighted by Gasteiger charge is -2.36. The van der Waals surface area contributed by atoms with Crippen LogP contribution < -0.4 is 5.32 Å². The number of hydrogen-bond acceptors (Lipinski definition) is 4. The summed E-state index contributed by atoms with van der Waals surface area (Å²) in [5, 5.41) is 2.93. The Morgan fingerprint density at radius 1 is 1.07 bits per heavy atom. The molecule has 4 rings (SSSR count). The maximum absolute atomic E-state index is 12.9. The molecule has 0 radical (unpaired) electrons. The van der Waals surface area contributed by atoms with Gasteiger partial charge in [0.2, 0.25) is 5.91 Å². The van der Waals surface area contributed by atoms with Crippen molar-refractivity contribution in [2.45, 2.75) is 76.4 Å². The Morgan fingerprint density at radius 2 is 1.79 bits per heavy atom. The Balaban J connectivity index is 1.42. The zero-order valence-electron chi connectivity index (χ0n) is 17.1. The van der Waals surface area contributed by atoms with Gasteiger partial charge in [-0.25, -0.2) is 0 Å². The fourth-order valence-corrected chi connectivity index (χ4v) is 5.12. The first-order valence-electron chi connectivity index (χ1n) is 10.9. The van der Waals surface area contributed by atoms with Gasteiger partial charge >= 0.3 is 5.97 Å². The largest absolute Gasteiger partial charge is 0.458 e. The van der Waals surface area contributed by atoms with Gasteiger partial charge in [-0.2, -0.15) is 0 Å². The van der Waals surface area contributed by atoms with Crippen molar-refractivity contribution in [1.82, 2.24) is 4.90 Å². The summed E-state index contributed by atoms with van der Waals surface area (Å²) in [6.45, 7) is 2.90. The fourth-order valence-electron chi connectivity index (χ4n) is 5.12. The van der Waals surface area contributed by atoms with Crippen LogP contribution >= 0.6 is 0 Å². The lowest BCUT2D eigenvalue weighted by Crippen LogP contribution is -2.43. The molecule has 2 aliphatic heterocycles. The maximum Gasteiger partial charge on any atom is 0.307 e. The Bertz CT molecular complexity index is 783.